The molecule has 0 fully saturated rings. The summed E-state index contributed by atoms with van der Waals surface area (Å²) in [5.41, 5.74) is 0.592. The highest BCUT2D eigenvalue weighted by Crippen LogP contribution is 2.25. The van der Waals surface area contributed by atoms with E-state index >= 15 is 0 Å². The van der Waals surface area contributed by atoms with Crippen molar-refractivity contribution in [2.75, 3.05) is 46.8 Å². The molecule has 7 heteroatoms. The summed E-state index contributed by atoms with van der Waals surface area (Å²) in [5.74, 6) is 0. The molecule has 0 aliphatic rings. The Bertz CT molecular complexity index is 527. The SMILES string of the molecule is COCCOCCOCCOCc1ccc(B(C)OC(C)(C)C(C)(C)O)cc1. The van der Waals surface area contributed by atoms with Crippen LogP contribution in [0.3, 0.4) is 0 Å². The van der Waals surface area contributed by atoms with Gasteiger partial charge in [0, 0.05) is 7.11 Å². The van der Waals surface area contributed by atoms with Gasteiger partial charge in [0.05, 0.1) is 57.5 Å². The van der Waals surface area contributed by atoms with E-state index in [-0.39, 0.29) is 6.92 Å². The molecule has 1 N–H and O–H groups in total. The molecule has 0 aliphatic carbocycles. The lowest BCUT2D eigenvalue weighted by Crippen LogP contribution is -2.52. The summed E-state index contributed by atoms with van der Waals surface area (Å²) in [4.78, 5) is 0. The zero-order chi connectivity index (χ0) is 21.0. The Morgan fingerprint density at radius 3 is 1.82 bits per heavy atom. The maximum absolute atomic E-state index is 10.2. The van der Waals surface area contributed by atoms with Gasteiger partial charge in [0.25, 0.3) is 0 Å². The summed E-state index contributed by atoms with van der Waals surface area (Å²) in [6.45, 7) is 13.1. The molecule has 6 nitrogen and oxygen atoms in total. The predicted molar refractivity (Wildman–Crippen MR) is 112 cm³/mol. The molecule has 0 radical (unpaired) electrons. The van der Waals surface area contributed by atoms with Crippen LogP contribution >= 0.6 is 0 Å². The second kappa shape index (κ2) is 12.6. The number of hydrogen-bond acceptors (Lipinski definition) is 6. The molecule has 1 aromatic carbocycles. The smallest absolute Gasteiger partial charge is 0.324 e. The van der Waals surface area contributed by atoms with Gasteiger partial charge >= 0.3 is 6.92 Å². The molecule has 160 valence electrons. The van der Waals surface area contributed by atoms with Crippen LogP contribution in [-0.2, 0) is 30.2 Å². The third-order valence-electron chi connectivity index (χ3n) is 4.84. The van der Waals surface area contributed by atoms with Crippen molar-refractivity contribution in [1.29, 1.82) is 0 Å². The number of hydrogen-bond donors (Lipinski definition) is 1. The van der Waals surface area contributed by atoms with Gasteiger partial charge in [0.1, 0.15) is 0 Å². The van der Waals surface area contributed by atoms with Crippen LogP contribution in [-0.4, -0.2) is 70.0 Å². The van der Waals surface area contributed by atoms with Crippen molar-refractivity contribution in [2.45, 2.75) is 52.3 Å². The molecule has 0 unspecified atom stereocenters. The first-order chi connectivity index (χ1) is 13.2. The molecule has 0 heterocycles. The average Bonchev–Trinajstić information content (AvgIpc) is 2.62. The van der Waals surface area contributed by atoms with Crippen LogP contribution in [0.25, 0.3) is 0 Å². The number of ether oxygens (including phenoxy) is 4. The molecule has 0 aliphatic heterocycles. The van der Waals surface area contributed by atoms with Gasteiger partial charge in [0.2, 0.25) is 0 Å². The molecule has 0 amide bonds. The van der Waals surface area contributed by atoms with E-state index in [1.165, 1.54) is 0 Å². The molecule has 1 aromatic rings. The molecule has 0 saturated carbocycles. The minimum absolute atomic E-state index is 0.115. The number of methoxy groups -OCH3 is 1. The summed E-state index contributed by atoms with van der Waals surface area (Å²) < 4.78 is 27.4. The highest BCUT2D eigenvalue weighted by Gasteiger charge is 2.37. The average molecular weight is 396 g/mol. The molecule has 1 rings (SSSR count). The Balaban J connectivity index is 2.24. The maximum Gasteiger partial charge on any atom is 0.324 e. The Morgan fingerprint density at radius 2 is 1.32 bits per heavy atom. The van der Waals surface area contributed by atoms with Crippen LogP contribution in [0, 0.1) is 0 Å². The highest BCUT2D eigenvalue weighted by molar-refractivity contribution is 6.66. The molecular weight excluding hydrogens is 359 g/mol. The van der Waals surface area contributed by atoms with Crippen molar-refractivity contribution in [3.8, 4) is 0 Å². The Morgan fingerprint density at radius 1 is 0.821 bits per heavy atom. The molecule has 0 atom stereocenters. The zero-order valence-electron chi connectivity index (χ0n) is 18.3. The van der Waals surface area contributed by atoms with Crippen molar-refractivity contribution in [1.82, 2.24) is 0 Å². The van der Waals surface area contributed by atoms with Gasteiger partial charge < -0.3 is 28.7 Å². The predicted octanol–water partition coefficient (Wildman–Crippen LogP) is 2.28. The van der Waals surface area contributed by atoms with E-state index in [0.717, 1.165) is 11.0 Å². The first-order valence-electron chi connectivity index (χ1n) is 9.88. The summed E-state index contributed by atoms with van der Waals surface area (Å²) >= 11 is 0. The molecular formula is C21H37BO6. The molecule has 0 saturated heterocycles. The van der Waals surface area contributed by atoms with E-state index in [1.54, 1.807) is 21.0 Å². The Kier molecular flexibility index (Phi) is 11.3. The molecule has 0 bridgehead atoms. The van der Waals surface area contributed by atoms with Crippen LogP contribution in [0.1, 0.15) is 33.3 Å². The molecule has 28 heavy (non-hydrogen) atoms. The fraction of sp³-hybridized carbons (Fsp3) is 0.714. The van der Waals surface area contributed by atoms with E-state index in [2.05, 4.69) is 0 Å². The second-order valence-electron chi connectivity index (χ2n) is 7.84. The standard InChI is InChI=1S/C21H37BO6/c1-20(2,23)21(3,4)28-22(5)19-9-7-18(8-10-19)17-27-16-15-26-14-13-25-12-11-24-6/h7-10,23H,11-17H2,1-6H3. The van der Waals surface area contributed by atoms with E-state index in [4.69, 9.17) is 23.6 Å². The normalized spacial score (nSPS) is 12.4. The van der Waals surface area contributed by atoms with E-state index in [1.807, 2.05) is 44.9 Å². The van der Waals surface area contributed by atoms with E-state index in [9.17, 15) is 5.11 Å². The third-order valence-corrected chi connectivity index (χ3v) is 4.84. The van der Waals surface area contributed by atoms with Gasteiger partial charge in [-0.25, -0.2) is 0 Å². The maximum atomic E-state index is 10.2. The monoisotopic (exact) mass is 396 g/mol. The van der Waals surface area contributed by atoms with Crippen molar-refractivity contribution in [3.63, 3.8) is 0 Å². The fourth-order valence-electron chi connectivity index (χ4n) is 2.31. The molecule has 0 aromatic heterocycles. The zero-order valence-corrected chi connectivity index (χ0v) is 18.3. The van der Waals surface area contributed by atoms with Crippen LogP contribution in [0.4, 0.5) is 0 Å². The van der Waals surface area contributed by atoms with Gasteiger partial charge in [0.15, 0.2) is 0 Å². The molecule has 0 spiro atoms. The largest absolute Gasteiger partial charge is 0.423 e. The van der Waals surface area contributed by atoms with Crippen LogP contribution in [0.15, 0.2) is 24.3 Å². The van der Waals surface area contributed by atoms with Gasteiger partial charge in [-0.2, -0.15) is 0 Å². The van der Waals surface area contributed by atoms with Gasteiger partial charge in [-0.15, -0.1) is 0 Å². The van der Waals surface area contributed by atoms with Crippen molar-refractivity contribution >= 4 is 12.4 Å². The first-order valence-corrected chi connectivity index (χ1v) is 9.88. The third kappa shape index (κ3) is 9.50. The first kappa shape index (κ1) is 25.1. The summed E-state index contributed by atoms with van der Waals surface area (Å²) in [6, 6.07) is 8.16. The van der Waals surface area contributed by atoms with E-state index in [0.29, 0.717) is 46.2 Å². The van der Waals surface area contributed by atoms with Gasteiger partial charge in [-0.1, -0.05) is 31.1 Å². The van der Waals surface area contributed by atoms with E-state index < -0.39 is 11.2 Å². The van der Waals surface area contributed by atoms with Crippen molar-refractivity contribution < 1.29 is 28.7 Å². The van der Waals surface area contributed by atoms with Gasteiger partial charge in [-0.05, 0) is 38.7 Å². The topological polar surface area (TPSA) is 66.4 Å². The number of aliphatic hydroxyl groups is 1. The summed E-state index contributed by atoms with van der Waals surface area (Å²) in [6.07, 6.45) is 0. The van der Waals surface area contributed by atoms with Crippen LogP contribution in [0.5, 0.6) is 0 Å². The lowest BCUT2D eigenvalue weighted by atomic mass is 9.62. The lowest BCUT2D eigenvalue weighted by molar-refractivity contribution is -0.0918. The fourth-order valence-corrected chi connectivity index (χ4v) is 2.31. The minimum atomic E-state index is -0.923. The Labute approximate surface area is 170 Å². The quantitative estimate of drug-likeness (QED) is 0.363. The lowest BCUT2D eigenvalue weighted by Gasteiger charge is -2.39. The van der Waals surface area contributed by atoms with Crippen LogP contribution < -0.4 is 5.46 Å². The number of rotatable bonds is 15. The summed E-state index contributed by atoms with van der Waals surface area (Å²) in [7, 11) is 1.65. The minimum Gasteiger partial charge on any atom is -0.423 e. The Hall–Kier alpha value is -0.955. The van der Waals surface area contributed by atoms with Gasteiger partial charge in [-0.3, -0.25) is 0 Å². The second-order valence-corrected chi connectivity index (χ2v) is 7.84. The number of benzene rings is 1. The highest BCUT2D eigenvalue weighted by atomic mass is 16.6. The van der Waals surface area contributed by atoms with Crippen molar-refractivity contribution in [2.24, 2.45) is 0 Å². The van der Waals surface area contributed by atoms with Crippen molar-refractivity contribution in [3.05, 3.63) is 29.8 Å². The van der Waals surface area contributed by atoms with Crippen LogP contribution in [0.2, 0.25) is 6.82 Å². The summed E-state index contributed by atoms with van der Waals surface area (Å²) in [5, 5.41) is 10.2.